The Labute approximate surface area is 171 Å². The number of benzene rings is 2. The molecule has 1 heterocycles. The molecule has 6 nitrogen and oxygen atoms in total. The molecule has 2 aromatic rings. The Morgan fingerprint density at radius 1 is 1.10 bits per heavy atom. The van der Waals surface area contributed by atoms with Gasteiger partial charge in [0, 0.05) is 31.4 Å². The minimum atomic E-state index is -0.218. The lowest BCUT2D eigenvalue weighted by atomic mass is 10.1. The van der Waals surface area contributed by atoms with Crippen molar-refractivity contribution in [3.05, 3.63) is 59.7 Å². The number of hydrogen-bond donors (Lipinski definition) is 1. The highest BCUT2D eigenvalue weighted by molar-refractivity contribution is 5.96. The van der Waals surface area contributed by atoms with E-state index in [9.17, 15) is 14.4 Å². The van der Waals surface area contributed by atoms with E-state index in [4.69, 9.17) is 0 Å². The Bertz CT molecular complexity index is 892. The monoisotopic (exact) mass is 393 g/mol. The number of anilines is 2. The molecule has 152 valence electrons. The molecule has 1 fully saturated rings. The van der Waals surface area contributed by atoms with Crippen LogP contribution in [0.2, 0.25) is 0 Å². The second-order valence-corrected chi connectivity index (χ2v) is 7.30. The van der Waals surface area contributed by atoms with E-state index < -0.39 is 0 Å². The average Bonchev–Trinajstić information content (AvgIpc) is 3.14. The first-order chi connectivity index (χ1) is 14.0. The summed E-state index contributed by atoms with van der Waals surface area (Å²) in [4.78, 5) is 39.9. The first-order valence-electron chi connectivity index (χ1n) is 9.99. The number of para-hydroxylation sites is 1. The van der Waals surface area contributed by atoms with E-state index in [2.05, 4.69) is 5.32 Å². The number of hydrogen-bond acceptors (Lipinski definition) is 3. The molecule has 1 saturated heterocycles. The molecule has 0 atom stereocenters. The number of aryl methyl sites for hydroxylation is 1. The van der Waals surface area contributed by atoms with Crippen molar-refractivity contribution in [2.45, 2.75) is 32.6 Å². The van der Waals surface area contributed by atoms with Gasteiger partial charge >= 0.3 is 0 Å². The van der Waals surface area contributed by atoms with Gasteiger partial charge in [-0.05, 0) is 42.2 Å². The van der Waals surface area contributed by atoms with Gasteiger partial charge in [0.1, 0.15) is 0 Å². The van der Waals surface area contributed by atoms with Crippen molar-refractivity contribution in [3.63, 3.8) is 0 Å². The Hall–Kier alpha value is -3.15. The van der Waals surface area contributed by atoms with Gasteiger partial charge in [-0.3, -0.25) is 14.4 Å². The first-order valence-corrected chi connectivity index (χ1v) is 9.99. The second kappa shape index (κ2) is 9.37. The van der Waals surface area contributed by atoms with Gasteiger partial charge in [0.25, 0.3) is 0 Å². The highest BCUT2D eigenvalue weighted by Crippen LogP contribution is 2.22. The van der Waals surface area contributed by atoms with Crippen molar-refractivity contribution in [1.29, 1.82) is 0 Å². The van der Waals surface area contributed by atoms with Crippen LogP contribution in [0.25, 0.3) is 0 Å². The normalized spacial score (nSPS) is 13.4. The van der Waals surface area contributed by atoms with Gasteiger partial charge in [-0.2, -0.15) is 0 Å². The van der Waals surface area contributed by atoms with Crippen LogP contribution in [-0.2, 0) is 27.2 Å². The van der Waals surface area contributed by atoms with E-state index in [1.54, 1.807) is 11.9 Å². The standard InChI is InChI=1S/C23H27N3O3/c1-3-18-7-4-5-8-20(18)24-21(27)16-25(2)23(29)15-17-10-12-19(13-11-17)26-14-6-9-22(26)28/h4-5,7-8,10-13H,3,6,9,14-16H2,1-2H3,(H,24,27). The quantitative estimate of drug-likeness (QED) is 0.786. The van der Waals surface area contributed by atoms with Gasteiger partial charge in [-0.25, -0.2) is 0 Å². The number of amides is 3. The average molecular weight is 393 g/mol. The highest BCUT2D eigenvalue weighted by atomic mass is 16.2. The summed E-state index contributed by atoms with van der Waals surface area (Å²) >= 11 is 0. The van der Waals surface area contributed by atoms with E-state index in [-0.39, 0.29) is 30.7 Å². The van der Waals surface area contributed by atoms with Crippen LogP contribution in [0.15, 0.2) is 48.5 Å². The molecule has 3 amide bonds. The molecule has 0 aliphatic carbocycles. The van der Waals surface area contributed by atoms with E-state index in [0.717, 1.165) is 41.9 Å². The molecule has 0 saturated carbocycles. The molecule has 0 radical (unpaired) electrons. The molecule has 29 heavy (non-hydrogen) atoms. The van der Waals surface area contributed by atoms with Gasteiger partial charge in [0.05, 0.1) is 13.0 Å². The smallest absolute Gasteiger partial charge is 0.243 e. The van der Waals surface area contributed by atoms with Gasteiger partial charge in [0.15, 0.2) is 0 Å². The fraction of sp³-hybridized carbons (Fsp3) is 0.348. The van der Waals surface area contributed by atoms with Gasteiger partial charge in [0.2, 0.25) is 17.7 Å². The van der Waals surface area contributed by atoms with Crippen molar-refractivity contribution in [3.8, 4) is 0 Å². The molecular formula is C23H27N3O3. The molecule has 1 N–H and O–H groups in total. The number of nitrogens with one attached hydrogen (secondary N) is 1. The zero-order valence-corrected chi connectivity index (χ0v) is 17.0. The van der Waals surface area contributed by atoms with Crippen molar-refractivity contribution in [1.82, 2.24) is 4.90 Å². The molecule has 1 aliphatic heterocycles. The maximum atomic E-state index is 12.5. The summed E-state index contributed by atoms with van der Waals surface area (Å²) < 4.78 is 0. The highest BCUT2D eigenvalue weighted by Gasteiger charge is 2.21. The van der Waals surface area contributed by atoms with Crippen LogP contribution in [0.4, 0.5) is 11.4 Å². The fourth-order valence-electron chi connectivity index (χ4n) is 3.47. The third kappa shape index (κ3) is 5.22. The van der Waals surface area contributed by atoms with Crippen molar-refractivity contribution >= 4 is 29.1 Å². The van der Waals surface area contributed by atoms with Crippen LogP contribution < -0.4 is 10.2 Å². The minimum Gasteiger partial charge on any atom is -0.336 e. The third-order valence-corrected chi connectivity index (χ3v) is 5.16. The van der Waals surface area contributed by atoms with Crippen LogP contribution in [0, 0.1) is 0 Å². The number of carbonyl (C=O) groups excluding carboxylic acids is 3. The van der Waals surface area contributed by atoms with Crippen LogP contribution in [0.3, 0.4) is 0 Å². The van der Waals surface area contributed by atoms with Crippen LogP contribution in [-0.4, -0.2) is 42.8 Å². The molecule has 0 unspecified atom stereocenters. The Morgan fingerprint density at radius 2 is 1.83 bits per heavy atom. The van der Waals surface area contributed by atoms with Gasteiger partial charge in [-0.1, -0.05) is 37.3 Å². The first kappa shape index (κ1) is 20.6. The third-order valence-electron chi connectivity index (χ3n) is 5.16. The lowest BCUT2D eigenvalue weighted by molar-refractivity contribution is -0.132. The molecule has 0 spiro atoms. The van der Waals surface area contributed by atoms with Gasteiger partial charge < -0.3 is 15.1 Å². The van der Waals surface area contributed by atoms with E-state index in [0.29, 0.717) is 6.42 Å². The summed E-state index contributed by atoms with van der Waals surface area (Å²) in [7, 11) is 1.63. The Morgan fingerprint density at radius 3 is 2.48 bits per heavy atom. The predicted octanol–water partition coefficient (Wildman–Crippen LogP) is 3.02. The summed E-state index contributed by atoms with van der Waals surface area (Å²) in [6, 6.07) is 15.1. The number of nitrogens with zero attached hydrogens (tertiary/aromatic N) is 2. The van der Waals surface area contributed by atoms with E-state index in [1.807, 2.05) is 55.5 Å². The minimum absolute atomic E-state index is 0.00273. The largest absolute Gasteiger partial charge is 0.336 e. The van der Waals surface area contributed by atoms with Crippen molar-refractivity contribution < 1.29 is 14.4 Å². The molecule has 0 aromatic heterocycles. The van der Waals surface area contributed by atoms with Crippen LogP contribution in [0.5, 0.6) is 0 Å². The Balaban J connectivity index is 1.53. The second-order valence-electron chi connectivity index (χ2n) is 7.30. The summed E-state index contributed by atoms with van der Waals surface area (Å²) in [6.45, 7) is 2.78. The zero-order valence-electron chi connectivity index (χ0n) is 17.0. The summed E-state index contributed by atoms with van der Waals surface area (Å²) in [6.07, 6.45) is 2.51. The molecule has 6 heteroatoms. The molecule has 0 bridgehead atoms. The van der Waals surface area contributed by atoms with E-state index in [1.165, 1.54) is 4.90 Å². The lowest BCUT2D eigenvalue weighted by Crippen LogP contribution is -2.36. The lowest BCUT2D eigenvalue weighted by Gasteiger charge is -2.18. The van der Waals surface area contributed by atoms with Gasteiger partial charge in [-0.15, -0.1) is 0 Å². The molecule has 2 aromatic carbocycles. The summed E-state index contributed by atoms with van der Waals surface area (Å²) in [5.74, 6) is -0.206. The van der Waals surface area contributed by atoms with Crippen molar-refractivity contribution in [2.75, 3.05) is 30.4 Å². The SMILES string of the molecule is CCc1ccccc1NC(=O)CN(C)C(=O)Cc1ccc(N2CCCC2=O)cc1. The molecule has 3 rings (SSSR count). The fourth-order valence-corrected chi connectivity index (χ4v) is 3.47. The van der Waals surface area contributed by atoms with Crippen molar-refractivity contribution in [2.24, 2.45) is 0 Å². The molecular weight excluding hydrogens is 366 g/mol. The van der Waals surface area contributed by atoms with Crippen LogP contribution in [0.1, 0.15) is 30.9 Å². The summed E-state index contributed by atoms with van der Waals surface area (Å²) in [5, 5.41) is 2.88. The number of likely N-dealkylation sites (N-methyl/N-ethyl adjacent to an activating group) is 1. The Kier molecular flexibility index (Phi) is 6.65. The van der Waals surface area contributed by atoms with Crippen LogP contribution >= 0.6 is 0 Å². The number of carbonyl (C=O) groups is 3. The molecule has 1 aliphatic rings. The van der Waals surface area contributed by atoms with E-state index >= 15 is 0 Å². The summed E-state index contributed by atoms with van der Waals surface area (Å²) in [5.41, 5.74) is 3.57. The predicted molar refractivity (Wildman–Crippen MR) is 114 cm³/mol. The maximum Gasteiger partial charge on any atom is 0.243 e. The zero-order chi connectivity index (χ0) is 20.8. The maximum absolute atomic E-state index is 12.5. The topological polar surface area (TPSA) is 69.7 Å². The number of rotatable bonds is 7.